The highest BCUT2D eigenvalue weighted by Crippen LogP contribution is 2.19. The molecule has 0 atom stereocenters. The zero-order valence-electron chi connectivity index (χ0n) is 9.95. The van der Waals surface area contributed by atoms with Gasteiger partial charge < -0.3 is 4.74 Å². The Morgan fingerprint density at radius 2 is 2.11 bits per heavy atom. The van der Waals surface area contributed by atoms with Crippen LogP contribution in [0, 0.1) is 10.1 Å². The molecule has 0 unspecified atom stereocenters. The summed E-state index contributed by atoms with van der Waals surface area (Å²) in [5.74, 6) is 0.632. The first kappa shape index (κ1) is 13.5. The molecule has 1 heterocycles. The van der Waals surface area contributed by atoms with Crippen LogP contribution in [0.5, 0.6) is 5.75 Å². The number of nitro benzene ring substituents is 1. The van der Waals surface area contributed by atoms with E-state index in [1.54, 1.807) is 36.7 Å². The van der Waals surface area contributed by atoms with Crippen molar-refractivity contribution in [1.29, 1.82) is 0 Å². The molecule has 1 aromatic heterocycles. The lowest BCUT2D eigenvalue weighted by molar-refractivity contribution is -0.385. The number of halogens is 1. The minimum atomic E-state index is -0.379. The molecule has 6 heteroatoms. The maximum Gasteiger partial charge on any atom is 0.272 e. The summed E-state index contributed by atoms with van der Waals surface area (Å²) in [5.41, 5.74) is 0.786. The molecule has 0 radical (unpaired) electrons. The second kappa shape index (κ2) is 6.29. The molecule has 0 saturated carbocycles. The van der Waals surface area contributed by atoms with E-state index in [4.69, 9.17) is 4.74 Å². The summed E-state index contributed by atoms with van der Waals surface area (Å²) in [4.78, 5) is 14.4. The fourth-order valence-electron chi connectivity index (χ4n) is 1.65. The van der Waals surface area contributed by atoms with Crippen LogP contribution in [-0.2, 0) is 6.42 Å². The third-order valence-electron chi connectivity index (χ3n) is 2.51. The summed E-state index contributed by atoms with van der Waals surface area (Å²) in [7, 11) is 0. The Labute approximate surface area is 118 Å². The molecule has 1 aromatic carbocycles. The van der Waals surface area contributed by atoms with Crippen molar-refractivity contribution in [2.24, 2.45) is 0 Å². The monoisotopic (exact) mass is 322 g/mol. The molecule has 2 rings (SSSR count). The molecule has 0 saturated heterocycles. The number of hydrogen-bond donors (Lipinski definition) is 0. The predicted molar refractivity (Wildman–Crippen MR) is 74.2 cm³/mol. The Morgan fingerprint density at radius 3 is 2.84 bits per heavy atom. The van der Waals surface area contributed by atoms with Crippen LogP contribution in [0.2, 0.25) is 0 Å². The molecule has 0 aliphatic heterocycles. The molecular weight excluding hydrogens is 312 g/mol. The first-order chi connectivity index (χ1) is 9.16. The minimum absolute atomic E-state index is 0.124. The SMILES string of the molecule is O=[N+]([O-])c1ccccc1CCOc1cncc(Br)c1. The van der Waals surface area contributed by atoms with Crippen molar-refractivity contribution in [3.8, 4) is 5.75 Å². The molecule has 0 N–H and O–H groups in total. The second-order valence-electron chi connectivity index (χ2n) is 3.82. The third-order valence-corrected chi connectivity index (χ3v) is 2.94. The van der Waals surface area contributed by atoms with Gasteiger partial charge in [-0.05, 0) is 22.0 Å². The lowest BCUT2D eigenvalue weighted by atomic mass is 10.1. The van der Waals surface area contributed by atoms with Gasteiger partial charge in [0.15, 0.2) is 0 Å². The zero-order valence-corrected chi connectivity index (χ0v) is 11.5. The second-order valence-corrected chi connectivity index (χ2v) is 4.74. The number of para-hydroxylation sites is 1. The zero-order chi connectivity index (χ0) is 13.7. The largest absolute Gasteiger partial charge is 0.492 e. The summed E-state index contributed by atoms with van der Waals surface area (Å²) in [5, 5.41) is 10.8. The van der Waals surface area contributed by atoms with Crippen LogP contribution in [0.25, 0.3) is 0 Å². The lowest BCUT2D eigenvalue weighted by Gasteiger charge is -2.06. The van der Waals surface area contributed by atoms with Crippen LogP contribution in [-0.4, -0.2) is 16.5 Å². The Kier molecular flexibility index (Phi) is 4.46. The van der Waals surface area contributed by atoms with E-state index < -0.39 is 0 Å². The van der Waals surface area contributed by atoms with Crippen molar-refractivity contribution < 1.29 is 9.66 Å². The molecule has 0 bridgehead atoms. The van der Waals surface area contributed by atoms with E-state index in [9.17, 15) is 10.1 Å². The smallest absolute Gasteiger partial charge is 0.272 e. The van der Waals surface area contributed by atoms with Gasteiger partial charge in [-0.2, -0.15) is 0 Å². The van der Waals surface area contributed by atoms with Crippen molar-refractivity contribution in [2.45, 2.75) is 6.42 Å². The van der Waals surface area contributed by atoms with Gasteiger partial charge in [0.2, 0.25) is 0 Å². The number of ether oxygens (including phenoxy) is 1. The number of nitrogens with zero attached hydrogens (tertiary/aromatic N) is 2. The lowest BCUT2D eigenvalue weighted by Crippen LogP contribution is -2.04. The molecule has 0 fully saturated rings. The van der Waals surface area contributed by atoms with Crippen LogP contribution in [0.1, 0.15) is 5.56 Å². The average Bonchev–Trinajstić information content (AvgIpc) is 2.39. The van der Waals surface area contributed by atoms with Gasteiger partial charge in [-0.25, -0.2) is 0 Å². The van der Waals surface area contributed by atoms with E-state index in [-0.39, 0.29) is 10.6 Å². The van der Waals surface area contributed by atoms with Crippen molar-refractivity contribution >= 4 is 21.6 Å². The number of benzene rings is 1. The number of aromatic nitrogens is 1. The van der Waals surface area contributed by atoms with Gasteiger partial charge in [-0.15, -0.1) is 0 Å². The van der Waals surface area contributed by atoms with E-state index in [0.717, 1.165) is 4.47 Å². The molecule has 19 heavy (non-hydrogen) atoms. The van der Waals surface area contributed by atoms with E-state index in [1.165, 1.54) is 6.07 Å². The van der Waals surface area contributed by atoms with Crippen molar-refractivity contribution in [2.75, 3.05) is 6.61 Å². The van der Waals surface area contributed by atoms with Crippen molar-refractivity contribution in [3.63, 3.8) is 0 Å². The Bertz CT molecular complexity index is 590. The highest BCUT2D eigenvalue weighted by Gasteiger charge is 2.11. The minimum Gasteiger partial charge on any atom is -0.492 e. The Hall–Kier alpha value is -1.95. The van der Waals surface area contributed by atoms with Crippen LogP contribution in [0.15, 0.2) is 47.2 Å². The Morgan fingerprint density at radius 1 is 1.32 bits per heavy atom. The fourth-order valence-corrected chi connectivity index (χ4v) is 1.99. The fraction of sp³-hybridized carbons (Fsp3) is 0.154. The van der Waals surface area contributed by atoms with Gasteiger partial charge in [0.1, 0.15) is 5.75 Å². The van der Waals surface area contributed by atoms with Gasteiger partial charge in [-0.3, -0.25) is 15.1 Å². The van der Waals surface area contributed by atoms with Crippen molar-refractivity contribution in [1.82, 2.24) is 4.98 Å². The van der Waals surface area contributed by atoms with Gasteiger partial charge in [0.25, 0.3) is 5.69 Å². The quantitative estimate of drug-likeness (QED) is 0.625. The van der Waals surface area contributed by atoms with E-state index in [2.05, 4.69) is 20.9 Å². The van der Waals surface area contributed by atoms with Gasteiger partial charge in [0.05, 0.1) is 17.7 Å². The highest BCUT2D eigenvalue weighted by atomic mass is 79.9. The molecular formula is C13H11BrN2O3. The summed E-state index contributed by atoms with van der Waals surface area (Å²) in [6, 6.07) is 8.47. The predicted octanol–water partition coefficient (Wildman–Crippen LogP) is 3.37. The number of pyridine rings is 1. The molecule has 0 spiro atoms. The van der Waals surface area contributed by atoms with Crippen LogP contribution < -0.4 is 4.74 Å². The summed E-state index contributed by atoms with van der Waals surface area (Å²) >= 11 is 3.30. The normalized spacial score (nSPS) is 10.2. The van der Waals surface area contributed by atoms with Gasteiger partial charge >= 0.3 is 0 Å². The number of nitro groups is 1. The van der Waals surface area contributed by atoms with Crippen LogP contribution >= 0.6 is 15.9 Å². The first-order valence-electron chi connectivity index (χ1n) is 5.62. The number of rotatable bonds is 5. The molecule has 0 aliphatic rings. The molecule has 98 valence electrons. The maximum atomic E-state index is 10.8. The van der Waals surface area contributed by atoms with E-state index >= 15 is 0 Å². The summed E-state index contributed by atoms with van der Waals surface area (Å²) < 4.78 is 6.34. The van der Waals surface area contributed by atoms with Gasteiger partial charge in [-0.1, -0.05) is 18.2 Å². The summed E-state index contributed by atoms with van der Waals surface area (Å²) in [6.45, 7) is 0.364. The highest BCUT2D eigenvalue weighted by molar-refractivity contribution is 9.10. The van der Waals surface area contributed by atoms with E-state index in [1.807, 2.05) is 0 Å². The standard InChI is InChI=1S/C13H11BrN2O3/c14-11-7-12(9-15-8-11)19-6-5-10-3-1-2-4-13(10)16(17)18/h1-4,7-9H,5-6H2. The topological polar surface area (TPSA) is 65.3 Å². The third kappa shape index (κ3) is 3.75. The molecule has 0 aliphatic carbocycles. The average molecular weight is 323 g/mol. The van der Waals surface area contributed by atoms with Gasteiger partial charge in [0, 0.05) is 28.7 Å². The maximum absolute atomic E-state index is 10.8. The number of hydrogen-bond acceptors (Lipinski definition) is 4. The van der Waals surface area contributed by atoms with Crippen LogP contribution in [0.3, 0.4) is 0 Å². The molecule has 2 aromatic rings. The van der Waals surface area contributed by atoms with Crippen LogP contribution in [0.4, 0.5) is 5.69 Å². The van der Waals surface area contributed by atoms with E-state index in [0.29, 0.717) is 24.3 Å². The molecule has 5 nitrogen and oxygen atoms in total. The Balaban J connectivity index is 1.98. The molecule has 0 amide bonds. The first-order valence-corrected chi connectivity index (χ1v) is 6.42. The van der Waals surface area contributed by atoms with Crippen molar-refractivity contribution in [3.05, 3.63) is 62.9 Å². The summed E-state index contributed by atoms with van der Waals surface area (Å²) in [6.07, 6.45) is 3.74.